The Morgan fingerprint density at radius 1 is 1.09 bits per heavy atom. The molecule has 32 heavy (non-hydrogen) atoms. The van der Waals surface area contributed by atoms with Crippen molar-refractivity contribution in [2.24, 2.45) is 0 Å². The van der Waals surface area contributed by atoms with Gasteiger partial charge in [0.05, 0.1) is 24.8 Å². The minimum Gasteiger partial charge on any atom is -0.497 e. The zero-order valence-electron chi connectivity index (χ0n) is 18.3. The van der Waals surface area contributed by atoms with Crippen molar-refractivity contribution >= 4 is 27.8 Å². The molecule has 2 aromatic carbocycles. The van der Waals surface area contributed by atoms with Gasteiger partial charge in [-0.2, -0.15) is 0 Å². The van der Waals surface area contributed by atoms with Crippen molar-refractivity contribution in [2.45, 2.75) is 22.2 Å². The molecule has 1 aromatic heterocycles. The summed E-state index contributed by atoms with van der Waals surface area (Å²) < 4.78 is 38.3. The molecule has 0 N–H and O–H groups in total. The summed E-state index contributed by atoms with van der Waals surface area (Å²) in [4.78, 5) is 12.1. The molecule has 1 atom stereocenters. The summed E-state index contributed by atoms with van der Waals surface area (Å²) in [7, 11) is 2.21. The molecule has 0 aliphatic rings. The Labute approximate surface area is 191 Å². The van der Waals surface area contributed by atoms with Crippen LogP contribution in [-0.2, 0) is 19.6 Å². The van der Waals surface area contributed by atoms with E-state index in [9.17, 15) is 13.2 Å². The Morgan fingerprint density at radius 2 is 1.81 bits per heavy atom. The topological polar surface area (TPSA) is 104 Å². The molecule has 1 heterocycles. The molecule has 0 spiro atoms. The fraction of sp³-hybridized carbons (Fsp3) is 0.286. The maximum atomic E-state index is 12.6. The van der Waals surface area contributed by atoms with Crippen LogP contribution in [0.4, 0.5) is 0 Å². The number of thioether (sulfide) groups is 1. The summed E-state index contributed by atoms with van der Waals surface area (Å²) in [6.07, 6.45) is 0. The van der Waals surface area contributed by atoms with Crippen LogP contribution in [0.25, 0.3) is 17.1 Å². The van der Waals surface area contributed by atoms with Crippen LogP contribution in [0.15, 0.2) is 58.6 Å². The fourth-order valence-corrected chi connectivity index (χ4v) is 4.74. The van der Waals surface area contributed by atoms with Crippen molar-refractivity contribution in [2.75, 3.05) is 28.3 Å². The average Bonchev–Trinajstić information content (AvgIpc) is 3.21. The first-order valence-electron chi connectivity index (χ1n) is 9.56. The molecule has 11 heteroatoms. The van der Waals surface area contributed by atoms with E-state index < -0.39 is 21.2 Å². The van der Waals surface area contributed by atoms with Crippen molar-refractivity contribution in [3.63, 3.8) is 0 Å². The van der Waals surface area contributed by atoms with Crippen LogP contribution in [0.5, 0.6) is 5.75 Å². The third-order valence-electron chi connectivity index (χ3n) is 4.63. The van der Waals surface area contributed by atoms with Gasteiger partial charge in [0.15, 0.2) is 11.0 Å². The lowest BCUT2D eigenvalue weighted by Crippen LogP contribution is -2.22. The van der Waals surface area contributed by atoms with Crippen molar-refractivity contribution in [1.29, 1.82) is 0 Å². The number of aromatic nitrogens is 3. The largest absolute Gasteiger partial charge is 0.497 e. The van der Waals surface area contributed by atoms with Gasteiger partial charge in [-0.3, -0.25) is 9.36 Å². The average molecular weight is 477 g/mol. The van der Waals surface area contributed by atoms with E-state index in [0.29, 0.717) is 28.0 Å². The van der Waals surface area contributed by atoms with Crippen molar-refractivity contribution in [1.82, 2.24) is 19.1 Å². The molecule has 0 saturated heterocycles. The van der Waals surface area contributed by atoms with Gasteiger partial charge in [0.1, 0.15) is 11.0 Å². The lowest BCUT2D eigenvalue weighted by atomic mass is 10.2. The number of ether oxygens (including phenoxy) is 2. The van der Waals surface area contributed by atoms with Gasteiger partial charge in [-0.15, -0.1) is 10.2 Å². The van der Waals surface area contributed by atoms with Crippen LogP contribution < -0.4 is 4.74 Å². The minimum atomic E-state index is -3.63. The van der Waals surface area contributed by atoms with Gasteiger partial charge in [-0.1, -0.05) is 30.0 Å². The Hall–Kier alpha value is -2.89. The van der Waals surface area contributed by atoms with E-state index in [-0.39, 0.29) is 4.90 Å². The first-order valence-corrected chi connectivity index (χ1v) is 11.9. The van der Waals surface area contributed by atoms with Crippen molar-refractivity contribution in [3.05, 3.63) is 48.5 Å². The number of nitrogens with zero attached hydrogens (tertiary/aromatic N) is 4. The van der Waals surface area contributed by atoms with E-state index in [1.54, 1.807) is 42.9 Å². The third-order valence-corrected chi connectivity index (χ3v) is 7.46. The quantitative estimate of drug-likeness (QED) is 0.361. The lowest BCUT2D eigenvalue weighted by Gasteiger charge is -2.15. The Balaban J connectivity index is 2.18. The van der Waals surface area contributed by atoms with E-state index >= 15 is 0 Å². The summed E-state index contributed by atoms with van der Waals surface area (Å²) in [5, 5.41) is 8.52. The van der Waals surface area contributed by atoms with Gasteiger partial charge < -0.3 is 9.47 Å². The van der Waals surface area contributed by atoms with Crippen LogP contribution in [0.3, 0.4) is 0 Å². The highest BCUT2D eigenvalue weighted by Crippen LogP contribution is 2.32. The minimum absolute atomic E-state index is 0.136. The highest BCUT2D eigenvalue weighted by molar-refractivity contribution is 8.00. The molecule has 0 amide bonds. The number of carbonyl (C=O) groups is 1. The second-order valence-electron chi connectivity index (χ2n) is 6.94. The predicted octanol–water partition coefficient (Wildman–Crippen LogP) is 2.85. The Kier molecular flexibility index (Phi) is 7.22. The van der Waals surface area contributed by atoms with Crippen molar-refractivity contribution in [3.8, 4) is 22.8 Å². The van der Waals surface area contributed by atoms with Gasteiger partial charge in [0.25, 0.3) is 0 Å². The standard InChI is InChI=1S/C21H24N4O5S2/c1-14(20(26)30-5)31-21-23-22-19(25(21)16-9-7-10-17(13-16)29-4)15-8-6-11-18(12-15)32(27,28)24(2)3/h6-14H,1-5H3. The van der Waals surface area contributed by atoms with E-state index in [0.717, 1.165) is 4.31 Å². The number of methoxy groups -OCH3 is 2. The number of hydrogen-bond donors (Lipinski definition) is 0. The molecular formula is C21H24N4O5S2. The summed E-state index contributed by atoms with van der Waals surface area (Å²) in [6, 6.07) is 13.8. The lowest BCUT2D eigenvalue weighted by molar-refractivity contribution is -0.139. The Bertz CT molecular complexity index is 1220. The molecule has 0 aliphatic heterocycles. The van der Waals surface area contributed by atoms with Crippen molar-refractivity contribution < 1.29 is 22.7 Å². The molecule has 0 saturated carbocycles. The molecule has 0 radical (unpaired) electrons. The molecule has 0 fully saturated rings. The summed E-state index contributed by atoms with van der Waals surface area (Å²) in [5.74, 6) is 0.660. The van der Waals surface area contributed by atoms with Gasteiger partial charge in [0.2, 0.25) is 10.0 Å². The number of sulfonamides is 1. The molecule has 3 rings (SSSR count). The fourth-order valence-electron chi connectivity index (χ4n) is 2.89. The molecule has 3 aromatic rings. The second kappa shape index (κ2) is 9.72. The highest BCUT2D eigenvalue weighted by Gasteiger charge is 2.24. The second-order valence-corrected chi connectivity index (χ2v) is 10.4. The van der Waals surface area contributed by atoms with Crippen LogP contribution in [0.1, 0.15) is 6.92 Å². The van der Waals surface area contributed by atoms with E-state index in [1.807, 2.05) is 18.2 Å². The molecule has 170 valence electrons. The van der Waals surface area contributed by atoms with E-state index in [2.05, 4.69) is 10.2 Å². The third kappa shape index (κ3) is 4.79. The van der Waals surface area contributed by atoms with E-state index in [1.165, 1.54) is 39.0 Å². The molecular weight excluding hydrogens is 452 g/mol. The number of benzene rings is 2. The summed E-state index contributed by atoms with van der Waals surface area (Å²) in [6.45, 7) is 1.71. The molecule has 1 unspecified atom stereocenters. The summed E-state index contributed by atoms with van der Waals surface area (Å²) >= 11 is 1.19. The number of rotatable bonds is 8. The maximum Gasteiger partial charge on any atom is 0.318 e. The Morgan fingerprint density at radius 3 is 2.47 bits per heavy atom. The van der Waals surface area contributed by atoms with Crippen LogP contribution >= 0.6 is 11.8 Å². The predicted molar refractivity (Wildman–Crippen MR) is 122 cm³/mol. The smallest absolute Gasteiger partial charge is 0.318 e. The first-order chi connectivity index (χ1) is 15.2. The van der Waals surface area contributed by atoms with Crippen LogP contribution in [0, 0.1) is 0 Å². The molecule has 0 bridgehead atoms. The molecule has 0 aliphatic carbocycles. The number of hydrogen-bond acceptors (Lipinski definition) is 8. The van der Waals surface area contributed by atoms with Crippen LogP contribution in [-0.4, -0.2) is 67.0 Å². The maximum absolute atomic E-state index is 12.6. The first kappa shape index (κ1) is 23.8. The van der Waals surface area contributed by atoms with Gasteiger partial charge in [0, 0.05) is 25.7 Å². The SMILES string of the molecule is COC(=O)C(C)Sc1nnc(-c2cccc(S(=O)(=O)N(C)C)c2)n1-c1cccc(OC)c1. The highest BCUT2D eigenvalue weighted by atomic mass is 32.2. The summed E-state index contributed by atoms with van der Waals surface area (Å²) in [5.41, 5.74) is 1.26. The zero-order valence-corrected chi connectivity index (χ0v) is 20.0. The van der Waals surface area contributed by atoms with Gasteiger partial charge in [-0.05, 0) is 31.2 Å². The monoisotopic (exact) mass is 476 g/mol. The van der Waals surface area contributed by atoms with Gasteiger partial charge in [-0.25, -0.2) is 12.7 Å². The zero-order chi connectivity index (χ0) is 23.5. The normalized spacial score (nSPS) is 12.6. The van der Waals surface area contributed by atoms with Crippen LogP contribution in [0.2, 0.25) is 0 Å². The molecule has 9 nitrogen and oxygen atoms in total. The van der Waals surface area contributed by atoms with E-state index in [4.69, 9.17) is 9.47 Å². The number of carbonyl (C=O) groups excluding carboxylic acids is 1. The number of esters is 1. The van der Waals surface area contributed by atoms with Gasteiger partial charge >= 0.3 is 5.97 Å².